The number of carbonyl (C=O) groups excluding carboxylic acids is 2. The van der Waals surface area contributed by atoms with Gasteiger partial charge in [-0.15, -0.1) is 0 Å². The maximum atomic E-state index is 12.6. The Hall–Kier alpha value is -3.10. The number of rotatable bonds is 7. The molecule has 0 aromatic heterocycles. The van der Waals surface area contributed by atoms with Crippen molar-refractivity contribution in [3.63, 3.8) is 0 Å². The molecule has 0 spiro atoms. The topological polar surface area (TPSA) is 97.3 Å². The molecule has 31 heavy (non-hydrogen) atoms. The fourth-order valence-corrected chi connectivity index (χ4v) is 3.79. The molecule has 0 radical (unpaired) electrons. The zero-order valence-electron chi connectivity index (χ0n) is 18.1. The van der Waals surface area contributed by atoms with Crippen LogP contribution in [0.3, 0.4) is 0 Å². The van der Waals surface area contributed by atoms with Crippen molar-refractivity contribution in [2.24, 2.45) is 0 Å². The van der Waals surface area contributed by atoms with Crippen LogP contribution in [0.2, 0.25) is 0 Å². The summed E-state index contributed by atoms with van der Waals surface area (Å²) in [5, 5.41) is 12.7. The predicted molar refractivity (Wildman–Crippen MR) is 115 cm³/mol. The summed E-state index contributed by atoms with van der Waals surface area (Å²) in [7, 11) is 3.05. The molecule has 2 aromatic carbocycles. The van der Waals surface area contributed by atoms with Gasteiger partial charge in [-0.25, -0.2) is 0 Å². The van der Waals surface area contributed by atoms with Crippen LogP contribution in [0.25, 0.3) is 0 Å². The van der Waals surface area contributed by atoms with E-state index in [0.29, 0.717) is 22.7 Å². The zero-order valence-corrected chi connectivity index (χ0v) is 18.1. The molecule has 0 aliphatic carbocycles. The third-order valence-electron chi connectivity index (χ3n) is 5.27. The summed E-state index contributed by atoms with van der Waals surface area (Å²) in [5.74, 6) is 0.596. The summed E-state index contributed by atoms with van der Waals surface area (Å²) < 4.78 is 16.2. The molecular weight excluding hydrogens is 400 g/mol. The van der Waals surface area contributed by atoms with Gasteiger partial charge in [0.05, 0.1) is 26.9 Å². The van der Waals surface area contributed by atoms with Crippen LogP contribution in [0.1, 0.15) is 35.9 Å². The quantitative estimate of drug-likeness (QED) is 0.704. The largest absolute Gasteiger partial charge is 0.493 e. The minimum absolute atomic E-state index is 0.0306. The van der Waals surface area contributed by atoms with Crippen LogP contribution in [0.4, 0.5) is 5.69 Å². The first kappa shape index (κ1) is 22.6. The molecule has 1 aliphatic rings. The van der Waals surface area contributed by atoms with Crippen molar-refractivity contribution in [2.75, 3.05) is 32.8 Å². The summed E-state index contributed by atoms with van der Waals surface area (Å²) in [5.41, 5.74) is 1.86. The normalized spacial score (nSPS) is 18.8. The lowest BCUT2D eigenvalue weighted by molar-refractivity contribution is -0.164. The lowest BCUT2D eigenvalue weighted by Gasteiger charge is -2.42. The molecule has 1 aliphatic heterocycles. The predicted octanol–water partition coefficient (Wildman–Crippen LogP) is 2.63. The molecule has 0 saturated carbocycles. The van der Waals surface area contributed by atoms with E-state index in [1.54, 1.807) is 35.2 Å². The van der Waals surface area contributed by atoms with E-state index in [2.05, 4.69) is 5.32 Å². The molecule has 0 bridgehead atoms. The van der Waals surface area contributed by atoms with Gasteiger partial charge in [0.2, 0.25) is 5.91 Å². The Morgan fingerprint density at radius 3 is 2.42 bits per heavy atom. The van der Waals surface area contributed by atoms with Crippen LogP contribution < -0.4 is 14.8 Å². The van der Waals surface area contributed by atoms with Gasteiger partial charge in [-0.1, -0.05) is 12.1 Å². The average molecular weight is 428 g/mol. The number of aliphatic hydroxyl groups excluding tert-OH is 1. The van der Waals surface area contributed by atoms with Gasteiger partial charge in [-0.2, -0.15) is 0 Å². The van der Waals surface area contributed by atoms with E-state index in [4.69, 9.17) is 14.2 Å². The number of ether oxygens (including phenoxy) is 3. The SMILES string of the molecule is COc1ccc(C(=O)Nc2ccc([C@H]3OCC(=O)N(C(C)C)[C@@H]3CO)cc2)cc1OC. The van der Waals surface area contributed by atoms with Crippen molar-refractivity contribution in [2.45, 2.75) is 32.0 Å². The van der Waals surface area contributed by atoms with E-state index < -0.39 is 12.1 Å². The van der Waals surface area contributed by atoms with E-state index >= 15 is 0 Å². The third-order valence-corrected chi connectivity index (χ3v) is 5.27. The first-order valence-electron chi connectivity index (χ1n) is 10.1. The molecular formula is C23H28N2O6. The van der Waals surface area contributed by atoms with Gasteiger partial charge < -0.3 is 29.5 Å². The van der Waals surface area contributed by atoms with Crippen LogP contribution in [-0.4, -0.2) is 61.3 Å². The van der Waals surface area contributed by atoms with Gasteiger partial charge in [0.15, 0.2) is 11.5 Å². The standard InChI is InChI=1S/C23H28N2O6/c1-14(2)25-18(12-26)22(31-13-21(25)27)15-5-8-17(9-6-15)24-23(28)16-7-10-19(29-3)20(11-16)30-4/h5-11,14,18,22,26H,12-13H2,1-4H3,(H,24,28)/t18-,22-/m1/s1. The Morgan fingerprint density at radius 2 is 1.84 bits per heavy atom. The zero-order chi connectivity index (χ0) is 22.5. The Balaban J connectivity index is 1.74. The van der Waals surface area contributed by atoms with Gasteiger partial charge in [-0.3, -0.25) is 9.59 Å². The third kappa shape index (κ3) is 4.81. The Bertz CT molecular complexity index is 928. The molecule has 8 heteroatoms. The van der Waals surface area contributed by atoms with Crippen molar-refractivity contribution in [1.29, 1.82) is 0 Å². The fraction of sp³-hybridized carbons (Fsp3) is 0.391. The summed E-state index contributed by atoms with van der Waals surface area (Å²) in [6, 6.07) is 11.6. The Labute approximate surface area is 181 Å². The van der Waals surface area contributed by atoms with E-state index in [1.165, 1.54) is 14.2 Å². The summed E-state index contributed by atoms with van der Waals surface area (Å²) in [6.07, 6.45) is -0.444. The first-order chi connectivity index (χ1) is 14.9. The first-order valence-corrected chi connectivity index (χ1v) is 10.1. The van der Waals surface area contributed by atoms with Crippen LogP contribution in [-0.2, 0) is 9.53 Å². The average Bonchev–Trinajstić information content (AvgIpc) is 2.78. The summed E-state index contributed by atoms with van der Waals surface area (Å²) in [4.78, 5) is 26.5. The lowest BCUT2D eigenvalue weighted by Crippen LogP contribution is -2.55. The number of aliphatic hydroxyl groups is 1. The lowest BCUT2D eigenvalue weighted by atomic mass is 9.98. The van der Waals surface area contributed by atoms with Gasteiger partial charge in [-0.05, 0) is 49.7 Å². The Morgan fingerprint density at radius 1 is 1.16 bits per heavy atom. The second-order valence-corrected chi connectivity index (χ2v) is 7.52. The second kappa shape index (κ2) is 9.80. The van der Waals surface area contributed by atoms with Crippen molar-refractivity contribution in [3.05, 3.63) is 53.6 Å². The number of nitrogens with one attached hydrogen (secondary N) is 1. The number of hydrogen-bond acceptors (Lipinski definition) is 6. The highest BCUT2D eigenvalue weighted by molar-refractivity contribution is 6.04. The highest BCUT2D eigenvalue weighted by atomic mass is 16.5. The number of benzene rings is 2. The van der Waals surface area contributed by atoms with E-state index in [0.717, 1.165) is 5.56 Å². The molecule has 2 N–H and O–H groups in total. The number of anilines is 1. The van der Waals surface area contributed by atoms with Gasteiger partial charge in [0.1, 0.15) is 12.7 Å². The molecule has 2 aromatic rings. The second-order valence-electron chi connectivity index (χ2n) is 7.52. The van der Waals surface area contributed by atoms with Crippen LogP contribution in [0, 0.1) is 0 Å². The van der Waals surface area contributed by atoms with Gasteiger partial charge in [0.25, 0.3) is 5.91 Å². The molecule has 2 amide bonds. The molecule has 3 rings (SSSR count). The number of nitrogens with zero attached hydrogens (tertiary/aromatic N) is 1. The molecule has 0 unspecified atom stereocenters. The minimum Gasteiger partial charge on any atom is -0.493 e. The van der Waals surface area contributed by atoms with E-state index in [-0.39, 0.29) is 31.1 Å². The van der Waals surface area contributed by atoms with Crippen LogP contribution in [0.5, 0.6) is 11.5 Å². The molecule has 1 heterocycles. The van der Waals surface area contributed by atoms with Crippen molar-refractivity contribution in [1.82, 2.24) is 4.90 Å². The van der Waals surface area contributed by atoms with Crippen molar-refractivity contribution < 1.29 is 28.9 Å². The smallest absolute Gasteiger partial charge is 0.255 e. The van der Waals surface area contributed by atoms with E-state index in [9.17, 15) is 14.7 Å². The van der Waals surface area contributed by atoms with Crippen molar-refractivity contribution >= 4 is 17.5 Å². The minimum atomic E-state index is -0.464. The summed E-state index contributed by atoms with van der Waals surface area (Å²) in [6.45, 7) is 3.59. The number of methoxy groups -OCH3 is 2. The molecule has 2 atom stereocenters. The highest BCUT2D eigenvalue weighted by Crippen LogP contribution is 2.31. The fourth-order valence-electron chi connectivity index (χ4n) is 3.79. The number of carbonyl (C=O) groups is 2. The number of amides is 2. The highest BCUT2D eigenvalue weighted by Gasteiger charge is 2.38. The molecule has 1 fully saturated rings. The maximum Gasteiger partial charge on any atom is 0.255 e. The van der Waals surface area contributed by atoms with Gasteiger partial charge in [0, 0.05) is 17.3 Å². The molecule has 1 saturated heterocycles. The summed E-state index contributed by atoms with van der Waals surface area (Å²) >= 11 is 0. The number of hydrogen-bond donors (Lipinski definition) is 2. The van der Waals surface area contributed by atoms with Crippen molar-refractivity contribution in [3.8, 4) is 11.5 Å². The number of morpholine rings is 1. The van der Waals surface area contributed by atoms with E-state index in [1.807, 2.05) is 26.0 Å². The Kier molecular flexibility index (Phi) is 7.14. The van der Waals surface area contributed by atoms with Crippen LogP contribution in [0.15, 0.2) is 42.5 Å². The molecule has 8 nitrogen and oxygen atoms in total. The van der Waals surface area contributed by atoms with Gasteiger partial charge >= 0.3 is 0 Å². The van der Waals surface area contributed by atoms with Crippen LogP contribution >= 0.6 is 0 Å². The monoisotopic (exact) mass is 428 g/mol. The molecule has 166 valence electrons. The maximum absolute atomic E-state index is 12.6.